The molecule has 0 saturated heterocycles. The molecule has 1 N–H and O–H groups in total. The first-order valence-electron chi connectivity index (χ1n) is 8.69. The van der Waals surface area contributed by atoms with Crippen LogP contribution < -0.4 is 5.32 Å². The maximum absolute atomic E-state index is 13.0. The van der Waals surface area contributed by atoms with Crippen molar-refractivity contribution in [1.82, 2.24) is 10.2 Å². The Labute approximate surface area is 149 Å². The quantitative estimate of drug-likeness (QED) is 0.835. The van der Waals surface area contributed by atoms with E-state index in [-0.39, 0.29) is 17.9 Å². The second kappa shape index (κ2) is 9.02. The van der Waals surface area contributed by atoms with E-state index in [2.05, 4.69) is 19.2 Å². The van der Waals surface area contributed by atoms with E-state index in [1.807, 2.05) is 59.5 Å². The van der Waals surface area contributed by atoms with Gasteiger partial charge in [-0.15, -0.1) is 0 Å². The Morgan fingerprint density at radius 3 is 2.20 bits per heavy atom. The highest BCUT2D eigenvalue weighted by Gasteiger charge is 2.20. The second-order valence-corrected chi connectivity index (χ2v) is 6.28. The molecule has 2 amide bonds. The molecule has 2 aromatic rings. The van der Waals surface area contributed by atoms with Crippen molar-refractivity contribution in [2.75, 3.05) is 0 Å². The minimum atomic E-state index is -0.0639. The molecule has 0 aliphatic heterocycles. The SMILES string of the molecule is CC[C@@H](C)N(Cc1ccccc1)C(=O)c1ccc(CNC(C)=O)cc1. The van der Waals surface area contributed by atoms with Crippen LogP contribution in [-0.2, 0) is 17.9 Å². The van der Waals surface area contributed by atoms with Gasteiger partial charge in [0.1, 0.15) is 0 Å². The molecule has 0 unspecified atom stereocenters. The molecule has 0 saturated carbocycles. The van der Waals surface area contributed by atoms with E-state index in [9.17, 15) is 9.59 Å². The summed E-state index contributed by atoms with van der Waals surface area (Å²) >= 11 is 0. The average molecular weight is 338 g/mol. The van der Waals surface area contributed by atoms with Gasteiger partial charge in [0, 0.05) is 31.6 Å². The zero-order valence-corrected chi connectivity index (χ0v) is 15.2. The van der Waals surface area contributed by atoms with Gasteiger partial charge >= 0.3 is 0 Å². The van der Waals surface area contributed by atoms with Gasteiger partial charge in [-0.25, -0.2) is 0 Å². The maximum Gasteiger partial charge on any atom is 0.254 e. The number of nitrogens with one attached hydrogen (secondary N) is 1. The number of amides is 2. The lowest BCUT2D eigenvalue weighted by molar-refractivity contribution is -0.119. The first-order chi connectivity index (χ1) is 12.0. The second-order valence-electron chi connectivity index (χ2n) is 6.28. The minimum absolute atomic E-state index is 0.0317. The first kappa shape index (κ1) is 18.7. The molecule has 0 bridgehead atoms. The zero-order valence-electron chi connectivity index (χ0n) is 15.2. The van der Waals surface area contributed by atoms with E-state index in [1.54, 1.807) is 0 Å². The number of benzene rings is 2. The molecule has 0 radical (unpaired) electrons. The van der Waals surface area contributed by atoms with Crippen LogP contribution in [0.5, 0.6) is 0 Å². The molecule has 0 aliphatic carbocycles. The van der Waals surface area contributed by atoms with E-state index in [0.29, 0.717) is 18.7 Å². The minimum Gasteiger partial charge on any atom is -0.352 e. The standard InChI is InChI=1S/C21H26N2O2/c1-4-16(2)23(15-19-8-6-5-7-9-19)21(25)20-12-10-18(11-13-20)14-22-17(3)24/h5-13,16H,4,14-15H2,1-3H3,(H,22,24)/t16-/m1/s1. The van der Waals surface area contributed by atoms with Crippen LogP contribution in [0.3, 0.4) is 0 Å². The summed E-state index contributed by atoms with van der Waals surface area (Å²) in [5.74, 6) is -0.0322. The summed E-state index contributed by atoms with van der Waals surface area (Å²) in [6.45, 7) is 6.73. The number of rotatable bonds is 7. The zero-order chi connectivity index (χ0) is 18.2. The fourth-order valence-corrected chi connectivity index (χ4v) is 2.59. The third kappa shape index (κ3) is 5.45. The summed E-state index contributed by atoms with van der Waals surface area (Å²) in [6, 6.07) is 17.6. The lowest BCUT2D eigenvalue weighted by atomic mass is 10.1. The van der Waals surface area contributed by atoms with Crippen LogP contribution in [0.2, 0.25) is 0 Å². The normalized spacial score (nSPS) is 11.6. The van der Waals surface area contributed by atoms with Crippen molar-refractivity contribution in [2.45, 2.75) is 46.3 Å². The van der Waals surface area contributed by atoms with Crippen molar-refractivity contribution in [3.05, 3.63) is 71.3 Å². The molecule has 0 aliphatic rings. The monoisotopic (exact) mass is 338 g/mol. The summed E-state index contributed by atoms with van der Waals surface area (Å²) in [7, 11) is 0. The van der Waals surface area contributed by atoms with Crippen LogP contribution in [0, 0.1) is 0 Å². The van der Waals surface area contributed by atoms with E-state index in [4.69, 9.17) is 0 Å². The Hall–Kier alpha value is -2.62. The number of carbonyl (C=O) groups excluding carboxylic acids is 2. The Morgan fingerprint density at radius 1 is 1.00 bits per heavy atom. The van der Waals surface area contributed by atoms with Gasteiger partial charge < -0.3 is 10.2 Å². The third-order valence-corrected chi connectivity index (χ3v) is 4.32. The van der Waals surface area contributed by atoms with Crippen LogP contribution in [0.15, 0.2) is 54.6 Å². The number of carbonyl (C=O) groups is 2. The summed E-state index contributed by atoms with van der Waals surface area (Å²) < 4.78 is 0. The molecule has 0 aromatic heterocycles. The molecular weight excluding hydrogens is 312 g/mol. The fraction of sp³-hybridized carbons (Fsp3) is 0.333. The van der Waals surface area contributed by atoms with E-state index >= 15 is 0 Å². The van der Waals surface area contributed by atoms with Crippen LogP contribution in [-0.4, -0.2) is 22.8 Å². The molecular formula is C21H26N2O2. The Morgan fingerprint density at radius 2 is 1.64 bits per heavy atom. The molecule has 4 nitrogen and oxygen atoms in total. The van der Waals surface area contributed by atoms with Crippen LogP contribution in [0.4, 0.5) is 0 Å². The predicted molar refractivity (Wildman–Crippen MR) is 100 cm³/mol. The molecule has 0 heterocycles. The lowest BCUT2D eigenvalue weighted by Gasteiger charge is -2.29. The predicted octanol–water partition coefficient (Wildman–Crippen LogP) is 3.76. The van der Waals surface area contributed by atoms with Gasteiger partial charge in [0.2, 0.25) is 5.91 Å². The molecule has 2 aromatic carbocycles. The highest BCUT2D eigenvalue weighted by atomic mass is 16.2. The highest BCUT2D eigenvalue weighted by Crippen LogP contribution is 2.16. The Kier molecular flexibility index (Phi) is 6.75. The van der Waals surface area contributed by atoms with Crippen LogP contribution >= 0.6 is 0 Å². The van der Waals surface area contributed by atoms with Gasteiger partial charge in [0.25, 0.3) is 5.91 Å². The van der Waals surface area contributed by atoms with E-state index < -0.39 is 0 Å². The molecule has 132 valence electrons. The van der Waals surface area contributed by atoms with Gasteiger partial charge in [-0.3, -0.25) is 9.59 Å². The summed E-state index contributed by atoms with van der Waals surface area (Å²) in [6.07, 6.45) is 0.902. The molecule has 25 heavy (non-hydrogen) atoms. The maximum atomic E-state index is 13.0. The number of hydrogen-bond donors (Lipinski definition) is 1. The highest BCUT2D eigenvalue weighted by molar-refractivity contribution is 5.94. The summed E-state index contributed by atoms with van der Waals surface area (Å²) in [4.78, 5) is 25.9. The smallest absolute Gasteiger partial charge is 0.254 e. The third-order valence-electron chi connectivity index (χ3n) is 4.32. The first-order valence-corrected chi connectivity index (χ1v) is 8.69. The summed E-state index contributed by atoms with van der Waals surface area (Å²) in [5.41, 5.74) is 2.77. The van der Waals surface area contributed by atoms with Gasteiger partial charge in [-0.05, 0) is 36.6 Å². The van der Waals surface area contributed by atoms with E-state index in [0.717, 1.165) is 17.5 Å². The fourth-order valence-electron chi connectivity index (χ4n) is 2.59. The lowest BCUT2D eigenvalue weighted by Crippen LogP contribution is -2.37. The topological polar surface area (TPSA) is 49.4 Å². The van der Waals surface area contributed by atoms with Crippen LogP contribution in [0.25, 0.3) is 0 Å². The molecule has 0 spiro atoms. The van der Waals surface area contributed by atoms with Crippen molar-refractivity contribution in [3.8, 4) is 0 Å². The van der Waals surface area contributed by atoms with Crippen molar-refractivity contribution >= 4 is 11.8 Å². The van der Waals surface area contributed by atoms with Crippen molar-refractivity contribution in [1.29, 1.82) is 0 Å². The van der Waals surface area contributed by atoms with Gasteiger partial charge in [0.05, 0.1) is 0 Å². The van der Waals surface area contributed by atoms with Gasteiger partial charge in [0.15, 0.2) is 0 Å². The number of hydrogen-bond acceptors (Lipinski definition) is 2. The van der Waals surface area contributed by atoms with Crippen molar-refractivity contribution in [2.24, 2.45) is 0 Å². The van der Waals surface area contributed by atoms with Crippen LogP contribution in [0.1, 0.15) is 48.7 Å². The van der Waals surface area contributed by atoms with Gasteiger partial charge in [-0.2, -0.15) is 0 Å². The summed E-state index contributed by atoms with van der Waals surface area (Å²) in [5, 5.41) is 2.76. The molecule has 0 fully saturated rings. The van der Waals surface area contributed by atoms with Crippen molar-refractivity contribution in [3.63, 3.8) is 0 Å². The van der Waals surface area contributed by atoms with Crippen molar-refractivity contribution < 1.29 is 9.59 Å². The van der Waals surface area contributed by atoms with Gasteiger partial charge in [-0.1, -0.05) is 49.4 Å². The number of nitrogens with zero attached hydrogens (tertiary/aromatic N) is 1. The molecule has 4 heteroatoms. The van der Waals surface area contributed by atoms with E-state index in [1.165, 1.54) is 6.92 Å². The Balaban J connectivity index is 2.14. The molecule has 1 atom stereocenters. The Bertz CT molecular complexity index is 696. The largest absolute Gasteiger partial charge is 0.352 e. The average Bonchev–Trinajstić information content (AvgIpc) is 2.64. The molecule has 2 rings (SSSR count).